The van der Waals surface area contributed by atoms with Crippen molar-refractivity contribution >= 4 is 5.78 Å². The molecule has 0 saturated carbocycles. The van der Waals surface area contributed by atoms with Crippen molar-refractivity contribution in [3.63, 3.8) is 0 Å². The van der Waals surface area contributed by atoms with Crippen LogP contribution < -0.4 is 0 Å². The van der Waals surface area contributed by atoms with Gasteiger partial charge in [-0.15, -0.1) is 0 Å². The second-order valence-electron chi connectivity index (χ2n) is 5.92. The van der Waals surface area contributed by atoms with Gasteiger partial charge < -0.3 is 0 Å². The number of hydrogen-bond acceptors (Lipinski definition) is 2. The van der Waals surface area contributed by atoms with Gasteiger partial charge in [-0.3, -0.25) is 9.78 Å². The lowest BCUT2D eigenvalue weighted by atomic mass is 9.89. The normalized spacial score (nSPS) is 20.7. The Morgan fingerprint density at radius 3 is 2.45 bits per heavy atom. The maximum Gasteiger partial charge on any atom is 0.145 e. The molecular weight excluding hydrogens is 246 g/mol. The Balaban J connectivity index is 1.59. The first-order chi connectivity index (χ1) is 9.83. The van der Waals surface area contributed by atoms with E-state index in [-0.39, 0.29) is 11.8 Å². The zero-order chi connectivity index (χ0) is 13.5. The van der Waals surface area contributed by atoms with Crippen LogP contribution in [0.15, 0.2) is 42.6 Å². The van der Waals surface area contributed by atoms with Crippen LogP contribution in [0.25, 0.3) is 0 Å². The molecule has 2 nitrogen and oxygen atoms in total. The summed E-state index contributed by atoms with van der Waals surface area (Å²) < 4.78 is 0. The first-order valence-corrected chi connectivity index (χ1v) is 7.37. The molecule has 100 valence electrons. The van der Waals surface area contributed by atoms with Gasteiger partial charge in [-0.25, -0.2) is 0 Å². The summed E-state index contributed by atoms with van der Waals surface area (Å²) in [5.41, 5.74) is 5.00. The van der Waals surface area contributed by atoms with E-state index in [1.165, 1.54) is 16.7 Å². The molecule has 4 rings (SSSR count). The molecule has 0 saturated heterocycles. The van der Waals surface area contributed by atoms with Crippen molar-refractivity contribution in [1.82, 2.24) is 4.98 Å². The van der Waals surface area contributed by atoms with E-state index in [9.17, 15) is 4.79 Å². The van der Waals surface area contributed by atoms with Crippen molar-refractivity contribution < 1.29 is 4.79 Å². The third kappa shape index (κ3) is 1.79. The van der Waals surface area contributed by atoms with Gasteiger partial charge >= 0.3 is 0 Å². The molecular formula is C18H17NO. The summed E-state index contributed by atoms with van der Waals surface area (Å²) in [5, 5.41) is 0. The summed E-state index contributed by atoms with van der Waals surface area (Å²) in [5.74, 6) is 0.592. The number of aryl methyl sites for hydroxylation is 1. The highest BCUT2D eigenvalue weighted by Crippen LogP contribution is 2.37. The maximum absolute atomic E-state index is 12.8. The number of benzene rings is 1. The van der Waals surface area contributed by atoms with E-state index in [4.69, 9.17) is 0 Å². The molecule has 2 aliphatic rings. The van der Waals surface area contributed by atoms with Crippen molar-refractivity contribution in [2.45, 2.75) is 31.6 Å². The lowest BCUT2D eigenvalue weighted by molar-refractivity contribution is -0.124. The third-order valence-corrected chi connectivity index (χ3v) is 4.76. The van der Waals surface area contributed by atoms with Gasteiger partial charge in [0, 0.05) is 12.1 Å². The van der Waals surface area contributed by atoms with Gasteiger partial charge in [-0.2, -0.15) is 0 Å². The Morgan fingerprint density at radius 1 is 1.00 bits per heavy atom. The van der Waals surface area contributed by atoms with Gasteiger partial charge in [0.2, 0.25) is 0 Å². The average molecular weight is 263 g/mol. The molecule has 0 aliphatic heterocycles. The molecule has 1 aromatic heterocycles. The summed E-state index contributed by atoms with van der Waals surface area (Å²) in [6.07, 6.45) is 5.58. The number of ketones is 1. The molecule has 2 aromatic rings. The lowest BCUT2D eigenvalue weighted by Crippen LogP contribution is -2.21. The standard InChI is InChI=1S/C18H17NO/c20-18(15-10-13-4-1-2-5-14(13)11-15)16-8-7-12-6-3-9-19-17(12)16/h1-6,9,15-16H,7-8,10-11H2. The molecule has 1 atom stereocenters. The van der Waals surface area contributed by atoms with Gasteiger partial charge in [-0.1, -0.05) is 30.3 Å². The predicted octanol–water partition coefficient (Wildman–Crippen LogP) is 3.10. The first-order valence-electron chi connectivity index (χ1n) is 7.37. The van der Waals surface area contributed by atoms with Crippen LogP contribution in [0.4, 0.5) is 0 Å². The fraction of sp³-hybridized carbons (Fsp3) is 0.333. The second-order valence-corrected chi connectivity index (χ2v) is 5.92. The van der Waals surface area contributed by atoms with Gasteiger partial charge in [0.1, 0.15) is 5.78 Å². The third-order valence-electron chi connectivity index (χ3n) is 4.76. The van der Waals surface area contributed by atoms with Crippen LogP contribution in [0.5, 0.6) is 0 Å². The van der Waals surface area contributed by atoms with Gasteiger partial charge in [-0.05, 0) is 48.4 Å². The Labute approximate surface area is 118 Å². The molecule has 0 fully saturated rings. The predicted molar refractivity (Wildman–Crippen MR) is 77.6 cm³/mol. The molecule has 1 aromatic carbocycles. The topological polar surface area (TPSA) is 30.0 Å². The van der Waals surface area contributed by atoms with E-state index in [2.05, 4.69) is 35.3 Å². The molecule has 1 heterocycles. The highest BCUT2D eigenvalue weighted by Gasteiger charge is 2.36. The molecule has 0 amide bonds. The highest BCUT2D eigenvalue weighted by molar-refractivity contribution is 5.89. The number of Topliss-reactive ketones (excluding diaryl/α,β-unsaturated/α-hetero) is 1. The first kappa shape index (κ1) is 11.8. The summed E-state index contributed by atoms with van der Waals surface area (Å²) in [7, 11) is 0. The number of nitrogens with zero attached hydrogens (tertiary/aromatic N) is 1. The Kier molecular flexibility index (Phi) is 2.69. The summed E-state index contributed by atoms with van der Waals surface area (Å²) >= 11 is 0. The summed E-state index contributed by atoms with van der Waals surface area (Å²) in [4.78, 5) is 17.3. The van der Waals surface area contributed by atoms with Crippen molar-refractivity contribution in [3.05, 3.63) is 65.0 Å². The van der Waals surface area contributed by atoms with Gasteiger partial charge in [0.05, 0.1) is 11.6 Å². The minimum atomic E-state index is 0.0329. The monoisotopic (exact) mass is 263 g/mol. The van der Waals surface area contributed by atoms with Gasteiger partial charge in [0.25, 0.3) is 0 Å². The highest BCUT2D eigenvalue weighted by atomic mass is 16.1. The molecule has 2 heteroatoms. The van der Waals surface area contributed by atoms with Crippen LogP contribution in [0.1, 0.15) is 34.7 Å². The number of carbonyl (C=O) groups excluding carboxylic acids is 1. The molecule has 20 heavy (non-hydrogen) atoms. The van der Waals surface area contributed by atoms with E-state index >= 15 is 0 Å². The molecule has 0 radical (unpaired) electrons. The Hall–Kier alpha value is -1.96. The zero-order valence-electron chi connectivity index (χ0n) is 11.4. The van der Waals surface area contributed by atoms with Crippen LogP contribution in [-0.4, -0.2) is 10.8 Å². The average Bonchev–Trinajstić information content (AvgIpc) is 3.10. The van der Waals surface area contributed by atoms with E-state index in [1.807, 2.05) is 12.3 Å². The molecule has 0 spiro atoms. The number of rotatable bonds is 2. The second kappa shape index (κ2) is 4.55. The zero-order valence-corrected chi connectivity index (χ0v) is 11.4. The minimum Gasteiger partial charge on any atom is -0.299 e. The van der Waals surface area contributed by atoms with E-state index < -0.39 is 0 Å². The molecule has 0 bridgehead atoms. The van der Waals surface area contributed by atoms with E-state index in [1.54, 1.807) is 0 Å². The lowest BCUT2D eigenvalue weighted by Gasteiger charge is -2.14. The molecule has 0 N–H and O–H groups in total. The molecule has 1 unspecified atom stereocenters. The van der Waals surface area contributed by atoms with E-state index in [0.717, 1.165) is 31.4 Å². The SMILES string of the molecule is O=C(C1Cc2ccccc2C1)C1CCc2cccnc21. The van der Waals surface area contributed by atoms with Crippen molar-refractivity contribution in [2.24, 2.45) is 5.92 Å². The number of fused-ring (bicyclic) bond motifs is 2. The Morgan fingerprint density at radius 2 is 1.70 bits per heavy atom. The van der Waals surface area contributed by atoms with Crippen LogP contribution in [0.2, 0.25) is 0 Å². The van der Waals surface area contributed by atoms with Gasteiger partial charge in [0.15, 0.2) is 0 Å². The van der Waals surface area contributed by atoms with Crippen LogP contribution >= 0.6 is 0 Å². The van der Waals surface area contributed by atoms with Crippen molar-refractivity contribution in [2.75, 3.05) is 0 Å². The quantitative estimate of drug-likeness (QED) is 0.833. The maximum atomic E-state index is 12.8. The fourth-order valence-corrected chi connectivity index (χ4v) is 3.73. The number of aromatic nitrogens is 1. The van der Waals surface area contributed by atoms with Crippen molar-refractivity contribution in [3.8, 4) is 0 Å². The minimum absolute atomic E-state index is 0.0329. The summed E-state index contributed by atoms with van der Waals surface area (Å²) in [6.45, 7) is 0. The number of carbonyl (C=O) groups is 1. The van der Waals surface area contributed by atoms with E-state index in [0.29, 0.717) is 5.78 Å². The largest absolute Gasteiger partial charge is 0.299 e. The van der Waals surface area contributed by atoms with Crippen molar-refractivity contribution in [1.29, 1.82) is 0 Å². The summed E-state index contributed by atoms with van der Waals surface area (Å²) in [6, 6.07) is 12.5. The number of hydrogen-bond donors (Lipinski definition) is 0. The fourth-order valence-electron chi connectivity index (χ4n) is 3.73. The van der Waals surface area contributed by atoms with Crippen LogP contribution in [0.3, 0.4) is 0 Å². The van der Waals surface area contributed by atoms with Crippen LogP contribution in [-0.2, 0) is 24.1 Å². The number of pyridine rings is 1. The molecule has 2 aliphatic carbocycles. The smallest absolute Gasteiger partial charge is 0.145 e. The van der Waals surface area contributed by atoms with Crippen LogP contribution in [0, 0.1) is 5.92 Å². The Bertz CT molecular complexity index is 652.